The maximum atomic E-state index is 9.31. The number of nitrogens with one attached hydrogen (secondary N) is 2. The van der Waals surface area contributed by atoms with Gasteiger partial charge in [-0.15, -0.1) is 11.3 Å². The first kappa shape index (κ1) is 10.5. The number of amidine groups is 1. The maximum Gasteiger partial charge on any atom is 0.189 e. The van der Waals surface area contributed by atoms with Crippen LogP contribution in [0.2, 0.25) is 0 Å². The van der Waals surface area contributed by atoms with Gasteiger partial charge in [-0.2, -0.15) is 0 Å². The highest BCUT2D eigenvalue weighted by atomic mass is 32.1. The first-order valence-electron chi connectivity index (χ1n) is 4.15. The van der Waals surface area contributed by atoms with Crippen LogP contribution >= 0.6 is 11.3 Å². The van der Waals surface area contributed by atoms with E-state index in [1.54, 1.807) is 12.2 Å². The fourth-order valence-corrected chi connectivity index (χ4v) is 1.47. The van der Waals surface area contributed by atoms with Gasteiger partial charge in [0.1, 0.15) is 5.84 Å². The zero-order chi connectivity index (χ0) is 10.4. The van der Waals surface area contributed by atoms with Crippen molar-refractivity contribution in [2.45, 2.75) is 6.92 Å². The molecule has 0 saturated carbocycles. The van der Waals surface area contributed by atoms with Gasteiger partial charge in [0.05, 0.1) is 4.88 Å². The summed E-state index contributed by atoms with van der Waals surface area (Å²) in [7, 11) is 0. The molecule has 0 saturated heterocycles. The van der Waals surface area contributed by atoms with Crippen molar-refractivity contribution in [3.8, 4) is 0 Å². The van der Waals surface area contributed by atoms with E-state index >= 15 is 0 Å². The zero-order valence-electron chi connectivity index (χ0n) is 7.82. The first-order chi connectivity index (χ1) is 6.74. The average Bonchev–Trinajstić information content (AvgIpc) is 2.67. The molecule has 0 aromatic carbocycles. The molecule has 0 aliphatic rings. The average molecular weight is 208 g/mol. The van der Waals surface area contributed by atoms with Crippen LogP contribution in [0, 0.1) is 5.41 Å². The number of hydrogen-bond acceptors (Lipinski definition) is 3. The minimum absolute atomic E-state index is 0.0264. The van der Waals surface area contributed by atoms with E-state index in [0.717, 1.165) is 4.88 Å². The largest absolute Gasteiger partial charge is 0.495 e. The van der Waals surface area contributed by atoms with E-state index in [1.807, 2.05) is 24.4 Å². The van der Waals surface area contributed by atoms with Gasteiger partial charge in [0, 0.05) is 0 Å². The van der Waals surface area contributed by atoms with Crippen LogP contribution in [0.3, 0.4) is 0 Å². The molecule has 1 rings (SSSR count). The fourth-order valence-electron chi connectivity index (χ4n) is 0.840. The molecule has 0 fully saturated rings. The Morgan fingerprint density at radius 1 is 1.64 bits per heavy atom. The predicted molar refractivity (Wildman–Crippen MR) is 59.8 cm³/mol. The molecule has 14 heavy (non-hydrogen) atoms. The summed E-state index contributed by atoms with van der Waals surface area (Å²) in [4.78, 5) is 0.797. The van der Waals surface area contributed by atoms with Gasteiger partial charge in [0.2, 0.25) is 0 Å². The van der Waals surface area contributed by atoms with Gasteiger partial charge in [-0.3, -0.25) is 5.41 Å². The number of thiophene rings is 1. The van der Waals surface area contributed by atoms with Crippen LogP contribution in [0.1, 0.15) is 11.8 Å². The molecular formula is C10H12N2OS. The first-order valence-corrected chi connectivity index (χ1v) is 5.03. The molecule has 0 aliphatic carbocycles. The van der Waals surface area contributed by atoms with Crippen LogP contribution in [0.4, 0.5) is 0 Å². The monoisotopic (exact) mass is 208 g/mol. The van der Waals surface area contributed by atoms with E-state index in [0.29, 0.717) is 0 Å². The standard InChI is InChI=1S/C10H12N2OS/c1-2-3-6-9(13)12-10(11)8-5-4-7-14-8/h2-7,13H,1H3,(H2,11,12)/b3-2-,9-6-. The second-order valence-corrected chi connectivity index (χ2v) is 3.50. The summed E-state index contributed by atoms with van der Waals surface area (Å²) in [5.41, 5.74) is 0. The van der Waals surface area contributed by atoms with Gasteiger partial charge < -0.3 is 10.4 Å². The molecule has 0 bridgehead atoms. The minimum Gasteiger partial charge on any atom is -0.495 e. The van der Waals surface area contributed by atoms with E-state index < -0.39 is 0 Å². The topological polar surface area (TPSA) is 56.1 Å². The molecule has 74 valence electrons. The Labute approximate surface area is 86.9 Å². The zero-order valence-corrected chi connectivity index (χ0v) is 8.64. The summed E-state index contributed by atoms with van der Waals surface area (Å²) in [6.45, 7) is 1.86. The van der Waals surface area contributed by atoms with Gasteiger partial charge in [0.15, 0.2) is 5.88 Å². The molecule has 1 aromatic heterocycles. The molecule has 0 aliphatic heterocycles. The lowest BCUT2D eigenvalue weighted by Crippen LogP contribution is -2.21. The summed E-state index contributed by atoms with van der Waals surface area (Å²) >= 11 is 1.45. The quantitative estimate of drug-likeness (QED) is 0.309. The third-order valence-corrected chi connectivity index (χ3v) is 2.35. The number of aliphatic hydroxyl groups is 1. The Balaban J connectivity index is 2.58. The van der Waals surface area contributed by atoms with E-state index in [-0.39, 0.29) is 11.7 Å². The van der Waals surface area contributed by atoms with Crippen molar-refractivity contribution in [3.63, 3.8) is 0 Å². The van der Waals surface area contributed by atoms with Crippen molar-refractivity contribution in [3.05, 3.63) is 46.5 Å². The number of allylic oxidation sites excluding steroid dienone is 3. The van der Waals surface area contributed by atoms with Crippen LogP contribution in [0.5, 0.6) is 0 Å². The Kier molecular flexibility index (Phi) is 3.94. The normalized spacial score (nSPS) is 11.9. The minimum atomic E-state index is -0.0264. The molecule has 0 atom stereocenters. The SMILES string of the molecule is C/C=C\C=C(/O)NC(=N)c1cccs1. The van der Waals surface area contributed by atoms with Crippen LogP contribution in [-0.2, 0) is 0 Å². The van der Waals surface area contributed by atoms with Gasteiger partial charge in [-0.05, 0) is 24.4 Å². The molecule has 0 radical (unpaired) electrons. The van der Waals surface area contributed by atoms with E-state index in [2.05, 4.69) is 5.32 Å². The molecule has 1 aromatic rings. The van der Waals surface area contributed by atoms with Gasteiger partial charge >= 0.3 is 0 Å². The third kappa shape index (κ3) is 3.06. The molecular weight excluding hydrogens is 196 g/mol. The van der Waals surface area contributed by atoms with Crippen molar-refractivity contribution in [1.82, 2.24) is 5.32 Å². The Morgan fingerprint density at radius 2 is 2.43 bits per heavy atom. The molecule has 0 spiro atoms. The molecule has 3 N–H and O–H groups in total. The van der Waals surface area contributed by atoms with Crippen molar-refractivity contribution in [2.75, 3.05) is 0 Å². The van der Waals surface area contributed by atoms with Crippen molar-refractivity contribution < 1.29 is 5.11 Å². The summed E-state index contributed by atoms with van der Waals surface area (Å²) in [5, 5.41) is 21.4. The molecule has 0 amide bonds. The lowest BCUT2D eigenvalue weighted by atomic mass is 10.4. The van der Waals surface area contributed by atoms with Crippen molar-refractivity contribution in [2.24, 2.45) is 0 Å². The Hall–Kier alpha value is -1.55. The van der Waals surface area contributed by atoms with Gasteiger partial charge in [-0.25, -0.2) is 0 Å². The van der Waals surface area contributed by atoms with Crippen molar-refractivity contribution in [1.29, 1.82) is 5.41 Å². The van der Waals surface area contributed by atoms with Crippen molar-refractivity contribution >= 4 is 17.2 Å². The summed E-state index contributed by atoms with van der Waals surface area (Å²) in [6, 6.07) is 3.69. The summed E-state index contributed by atoms with van der Waals surface area (Å²) in [5.74, 6) is 0.180. The number of aliphatic hydroxyl groups excluding tert-OH is 1. The molecule has 4 heteroatoms. The van der Waals surface area contributed by atoms with E-state index in [1.165, 1.54) is 17.4 Å². The molecule has 1 heterocycles. The van der Waals surface area contributed by atoms with Gasteiger partial charge in [-0.1, -0.05) is 18.2 Å². The third-order valence-electron chi connectivity index (χ3n) is 1.47. The second-order valence-electron chi connectivity index (χ2n) is 2.55. The smallest absolute Gasteiger partial charge is 0.189 e. The maximum absolute atomic E-state index is 9.31. The highest BCUT2D eigenvalue weighted by molar-refractivity contribution is 7.12. The van der Waals surface area contributed by atoms with Gasteiger partial charge in [0.25, 0.3) is 0 Å². The highest BCUT2D eigenvalue weighted by Gasteiger charge is 2.01. The number of rotatable bonds is 3. The Morgan fingerprint density at radius 3 is 3.00 bits per heavy atom. The predicted octanol–water partition coefficient (Wildman–Crippen LogP) is 2.64. The van der Waals surface area contributed by atoms with E-state index in [9.17, 15) is 5.11 Å². The summed E-state index contributed by atoms with van der Waals surface area (Å²) in [6.07, 6.45) is 5.00. The lowest BCUT2D eigenvalue weighted by Gasteiger charge is -2.03. The highest BCUT2D eigenvalue weighted by Crippen LogP contribution is 2.08. The van der Waals surface area contributed by atoms with Crippen LogP contribution in [0.15, 0.2) is 41.6 Å². The summed E-state index contributed by atoms with van der Waals surface area (Å²) < 4.78 is 0. The van der Waals surface area contributed by atoms with Crippen LogP contribution in [-0.4, -0.2) is 10.9 Å². The number of hydrogen-bond donors (Lipinski definition) is 3. The van der Waals surface area contributed by atoms with E-state index in [4.69, 9.17) is 5.41 Å². The Bertz CT molecular complexity index is 352. The molecule has 3 nitrogen and oxygen atoms in total. The van der Waals surface area contributed by atoms with Crippen LogP contribution < -0.4 is 5.32 Å². The molecule has 0 unspecified atom stereocenters. The second kappa shape index (κ2) is 5.24. The van der Waals surface area contributed by atoms with Crippen LogP contribution in [0.25, 0.3) is 0 Å². The lowest BCUT2D eigenvalue weighted by molar-refractivity contribution is 0.388. The fraction of sp³-hybridized carbons (Fsp3) is 0.100.